The van der Waals surface area contributed by atoms with E-state index < -0.39 is 0 Å². The molecule has 0 aliphatic heterocycles. The molecule has 0 atom stereocenters. The van der Waals surface area contributed by atoms with E-state index >= 15 is 0 Å². The van der Waals surface area contributed by atoms with E-state index in [0.29, 0.717) is 56.0 Å². The third-order valence-electron chi connectivity index (χ3n) is 7.00. The minimum atomic E-state index is 0.213. The van der Waals surface area contributed by atoms with Crippen LogP contribution in [0, 0.1) is 54.8 Å². The summed E-state index contributed by atoms with van der Waals surface area (Å²) in [5.41, 5.74) is 3.02. The highest BCUT2D eigenvalue weighted by atomic mass is 35.5. The van der Waals surface area contributed by atoms with E-state index in [9.17, 15) is 15.8 Å². The van der Waals surface area contributed by atoms with Crippen molar-refractivity contribution in [3.8, 4) is 64.2 Å². The van der Waals surface area contributed by atoms with Crippen molar-refractivity contribution in [3.05, 3.63) is 128 Å². The largest absolute Gasteiger partial charge is 0.456 e. The van der Waals surface area contributed by atoms with Crippen LogP contribution >= 0.6 is 23.2 Å². The summed E-state index contributed by atoms with van der Waals surface area (Å²) in [5.74, 6) is 3.39. The van der Waals surface area contributed by atoms with Crippen LogP contribution in [0.15, 0.2) is 84.9 Å². The van der Waals surface area contributed by atoms with Crippen LogP contribution in [0.4, 0.5) is 0 Å². The second-order valence-electron chi connectivity index (χ2n) is 9.84. The van der Waals surface area contributed by atoms with Gasteiger partial charge < -0.3 is 18.9 Å². The number of benzene rings is 5. The maximum atomic E-state index is 10.1. The van der Waals surface area contributed by atoms with E-state index in [2.05, 4.69) is 18.2 Å². The molecule has 0 fully saturated rings. The van der Waals surface area contributed by atoms with Crippen LogP contribution in [0.1, 0.15) is 33.4 Å². The fourth-order valence-corrected chi connectivity index (χ4v) is 4.88. The van der Waals surface area contributed by atoms with Crippen molar-refractivity contribution in [1.82, 2.24) is 0 Å². The van der Waals surface area contributed by atoms with E-state index in [4.69, 9.17) is 42.1 Å². The average molecular weight is 633 g/mol. The number of hydrogen-bond acceptors (Lipinski definition) is 7. The Kier molecular flexibility index (Phi) is 9.12. The molecule has 45 heavy (non-hydrogen) atoms. The molecule has 0 saturated carbocycles. The highest BCUT2D eigenvalue weighted by Crippen LogP contribution is 2.40. The Bertz CT molecular complexity index is 2070. The second kappa shape index (κ2) is 13.3. The van der Waals surface area contributed by atoms with Crippen LogP contribution in [0.25, 0.3) is 0 Å². The van der Waals surface area contributed by atoms with Gasteiger partial charge in [0.15, 0.2) is 0 Å². The molecule has 7 nitrogen and oxygen atoms in total. The normalized spacial score (nSPS) is 10.3. The number of nitrogens with zero attached hydrogens (tertiary/aromatic N) is 3. The second-order valence-corrected chi connectivity index (χ2v) is 10.7. The summed E-state index contributed by atoms with van der Waals surface area (Å²) in [6, 6.07) is 30.1. The van der Waals surface area contributed by atoms with Gasteiger partial charge in [-0.1, -0.05) is 41.4 Å². The maximum Gasteiger partial charge on any atom is 0.149 e. The fraction of sp³-hybridized carbons (Fsp3) is 0.0833. The van der Waals surface area contributed by atoms with Crippen LogP contribution in [0.2, 0.25) is 10.0 Å². The Balaban J connectivity index is 1.37. The Hall–Kier alpha value is -5.65. The first-order valence-corrected chi connectivity index (χ1v) is 14.3. The molecule has 0 bridgehead atoms. The molecular formula is C36H23Cl2N3O4. The third kappa shape index (κ3) is 6.49. The smallest absolute Gasteiger partial charge is 0.149 e. The van der Waals surface area contributed by atoms with Gasteiger partial charge in [-0.15, -0.1) is 0 Å². The number of ether oxygens (including phenoxy) is 4. The molecule has 9 heteroatoms. The van der Waals surface area contributed by atoms with E-state index in [1.165, 1.54) is 0 Å². The lowest BCUT2D eigenvalue weighted by atomic mass is 10.1. The Morgan fingerprint density at radius 2 is 0.867 bits per heavy atom. The van der Waals surface area contributed by atoms with Gasteiger partial charge in [-0.05, 0) is 104 Å². The molecule has 5 rings (SSSR count). The van der Waals surface area contributed by atoms with Gasteiger partial charge in [-0.2, -0.15) is 15.8 Å². The number of nitriles is 3. The number of rotatable bonds is 8. The zero-order valence-corrected chi connectivity index (χ0v) is 25.8. The quantitative estimate of drug-likeness (QED) is 0.167. The van der Waals surface area contributed by atoms with Crippen LogP contribution in [-0.2, 0) is 0 Å². The molecule has 5 aromatic carbocycles. The summed E-state index contributed by atoms with van der Waals surface area (Å²) in [4.78, 5) is 0. The standard InChI is InChI=1S/C36H23Cl2N3O4/c1-21-17-24(42-33-9-4-7-28(37)25(33)18-39)13-14-30(21)43-35-11-6-12-36(27(35)20-41)45-32-16-15-31(22(2)23(32)3)44-34-10-5-8-29(38)26(34)19-40/h4-17H,1-3H3. The molecule has 0 radical (unpaired) electrons. The summed E-state index contributed by atoms with van der Waals surface area (Å²) >= 11 is 12.3. The molecule has 0 N–H and O–H groups in total. The lowest BCUT2D eigenvalue weighted by Crippen LogP contribution is -1.98. The first-order valence-electron chi connectivity index (χ1n) is 13.6. The Labute approximate surface area is 270 Å². The minimum Gasteiger partial charge on any atom is -0.456 e. The van der Waals surface area contributed by atoms with Crippen LogP contribution in [-0.4, -0.2) is 0 Å². The van der Waals surface area contributed by atoms with Crippen molar-refractivity contribution in [2.45, 2.75) is 20.8 Å². The summed E-state index contributed by atoms with van der Waals surface area (Å²) in [6.07, 6.45) is 0. The first kappa shape index (κ1) is 30.8. The van der Waals surface area contributed by atoms with Crippen molar-refractivity contribution in [1.29, 1.82) is 15.8 Å². The van der Waals surface area contributed by atoms with E-state index in [0.717, 1.165) is 16.7 Å². The van der Waals surface area contributed by atoms with Crippen LogP contribution < -0.4 is 18.9 Å². The first-order chi connectivity index (χ1) is 21.7. The van der Waals surface area contributed by atoms with Gasteiger partial charge in [0, 0.05) is 0 Å². The SMILES string of the molecule is Cc1cc(Oc2cccc(Cl)c2C#N)ccc1Oc1cccc(Oc2ccc(Oc3cccc(Cl)c3C#N)c(C)c2C)c1C#N. The van der Waals surface area contributed by atoms with Crippen molar-refractivity contribution >= 4 is 23.2 Å². The maximum absolute atomic E-state index is 10.1. The van der Waals surface area contributed by atoms with Gasteiger partial charge in [-0.25, -0.2) is 0 Å². The van der Waals surface area contributed by atoms with E-state index in [1.54, 1.807) is 84.9 Å². The van der Waals surface area contributed by atoms with Crippen LogP contribution in [0.5, 0.6) is 46.0 Å². The van der Waals surface area contributed by atoms with E-state index in [1.807, 2.05) is 20.8 Å². The topological polar surface area (TPSA) is 108 Å². The predicted octanol–water partition coefficient (Wildman–Crippen LogP) is 10.7. The average Bonchev–Trinajstić information content (AvgIpc) is 3.02. The molecule has 0 aromatic heterocycles. The van der Waals surface area contributed by atoms with Crippen molar-refractivity contribution in [3.63, 3.8) is 0 Å². The number of aryl methyl sites for hydroxylation is 1. The molecular weight excluding hydrogens is 609 g/mol. The summed E-state index contributed by atoms with van der Waals surface area (Å²) in [5, 5.41) is 29.6. The van der Waals surface area contributed by atoms with Crippen molar-refractivity contribution in [2.24, 2.45) is 0 Å². The summed E-state index contributed by atoms with van der Waals surface area (Å²) in [7, 11) is 0. The lowest BCUT2D eigenvalue weighted by molar-refractivity contribution is 0.447. The molecule has 0 spiro atoms. The Morgan fingerprint density at radius 3 is 1.33 bits per heavy atom. The molecule has 0 aliphatic carbocycles. The summed E-state index contributed by atoms with van der Waals surface area (Å²) in [6.45, 7) is 5.60. The van der Waals surface area contributed by atoms with Gasteiger partial charge in [-0.3, -0.25) is 0 Å². The molecule has 220 valence electrons. The molecule has 5 aromatic rings. The van der Waals surface area contributed by atoms with Crippen LogP contribution in [0.3, 0.4) is 0 Å². The zero-order chi connectivity index (χ0) is 32.1. The predicted molar refractivity (Wildman–Crippen MR) is 171 cm³/mol. The molecule has 0 amide bonds. The van der Waals surface area contributed by atoms with Crippen molar-refractivity contribution < 1.29 is 18.9 Å². The number of hydrogen-bond donors (Lipinski definition) is 0. The number of halogens is 2. The molecule has 0 saturated heterocycles. The minimum absolute atomic E-state index is 0.213. The van der Waals surface area contributed by atoms with E-state index in [-0.39, 0.29) is 16.7 Å². The van der Waals surface area contributed by atoms with Crippen molar-refractivity contribution in [2.75, 3.05) is 0 Å². The third-order valence-corrected chi connectivity index (χ3v) is 7.63. The fourth-order valence-electron chi connectivity index (χ4n) is 4.46. The zero-order valence-electron chi connectivity index (χ0n) is 24.3. The molecule has 0 aliphatic rings. The van der Waals surface area contributed by atoms with Gasteiger partial charge in [0.2, 0.25) is 0 Å². The van der Waals surface area contributed by atoms with Gasteiger partial charge in [0.1, 0.15) is 80.9 Å². The van der Waals surface area contributed by atoms with Gasteiger partial charge in [0.05, 0.1) is 10.0 Å². The highest BCUT2D eigenvalue weighted by molar-refractivity contribution is 6.32. The monoisotopic (exact) mass is 631 g/mol. The Morgan fingerprint density at radius 1 is 0.467 bits per heavy atom. The summed E-state index contributed by atoms with van der Waals surface area (Å²) < 4.78 is 24.3. The highest BCUT2D eigenvalue weighted by Gasteiger charge is 2.18. The van der Waals surface area contributed by atoms with Gasteiger partial charge in [0.25, 0.3) is 0 Å². The molecule has 0 unspecified atom stereocenters. The van der Waals surface area contributed by atoms with Gasteiger partial charge >= 0.3 is 0 Å². The molecule has 0 heterocycles. The lowest BCUT2D eigenvalue weighted by Gasteiger charge is -2.17.